The molecule has 0 aliphatic heterocycles. The van der Waals surface area contributed by atoms with E-state index in [1.165, 1.54) is 16.2 Å². The number of nitrogens with zero attached hydrogens (tertiary/aromatic N) is 4. The average Bonchev–Trinajstić information content (AvgIpc) is 3.46. The topological polar surface area (TPSA) is 57.4 Å². The second-order valence-corrected chi connectivity index (χ2v) is 8.85. The number of para-hydroxylation sites is 3. The minimum Gasteiger partial charge on any atom is -0.309 e. The van der Waals surface area contributed by atoms with Gasteiger partial charge >= 0.3 is 0 Å². The van der Waals surface area contributed by atoms with Crippen LogP contribution in [0.5, 0.6) is 0 Å². The molecule has 0 N–H and O–H groups in total. The van der Waals surface area contributed by atoms with Crippen LogP contribution in [0.4, 0.5) is 0 Å². The van der Waals surface area contributed by atoms with Crippen molar-refractivity contribution in [1.82, 2.24) is 9.13 Å². The fourth-order valence-electron chi connectivity index (χ4n) is 5.51. The van der Waals surface area contributed by atoms with Gasteiger partial charge in [-0.25, -0.2) is 0 Å². The summed E-state index contributed by atoms with van der Waals surface area (Å²) in [4.78, 5) is 0. The van der Waals surface area contributed by atoms with Crippen molar-refractivity contribution >= 4 is 43.6 Å². The molecule has 0 fully saturated rings. The van der Waals surface area contributed by atoms with E-state index < -0.39 is 0 Å². The van der Waals surface area contributed by atoms with Gasteiger partial charge in [0.05, 0.1) is 33.2 Å². The lowest BCUT2D eigenvalue weighted by Crippen LogP contribution is -1.96. The van der Waals surface area contributed by atoms with Crippen molar-refractivity contribution in [3.63, 3.8) is 0 Å². The third-order valence-electron chi connectivity index (χ3n) is 6.99. The highest BCUT2D eigenvalue weighted by molar-refractivity contribution is 6.28. The second-order valence-electron chi connectivity index (χ2n) is 8.85. The molecule has 0 saturated carbocycles. The molecule has 0 atom stereocenters. The van der Waals surface area contributed by atoms with E-state index >= 15 is 0 Å². The van der Waals surface area contributed by atoms with Gasteiger partial charge in [0.2, 0.25) is 0 Å². The molecular formula is C32H18N4. The SMILES string of the molecule is N#Cc1ccc(-n2c3ccccc3c3c4c5ccccc5n(-c5ccccc5)c4ccc32)cc1C#N. The van der Waals surface area contributed by atoms with E-state index in [2.05, 4.69) is 100 Å². The van der Waals surface area contributed by atoms with E-state index in [0.717, 1.165) is 38.8 Å². The van der Waals surface area contributed by atoms with E-state index in [-0.39, 0.29) is 0 Å². The van der Waals surface area contributed by atoms with Gasteiger partial charge in [0.25, 0.3) is 0 Å². The molecule has 2 heterocycles. The zero-order valence-electron chi connectivity index (χ0n) is 19.2. The van der Waals surface area contributed by atoms with Crippen LogP contribution in [0.3, 0.4) is 0 Å². The number of rotatable bonds is 2. The molecule has 0 bridgehead atoms. The number of fused-ring (bicyclic) bond motifs is 7. The molecule has 2 aromatic heterocycles. The van der Waals surface area contributed by atoms with E-state index in [0.29, 0.717) is 11.1 Å². The fraction of sp³-hybridized carbons (Fsp3) is 0. The summed E-state index contributed by atoms with van der Waals surface area (Å²) in [5.74, 6) is 0. The molecule has 36 heavy (non-hydrogen) atoms. The van der Waals surface area contributed by atoms with Gasteiger partial charge in [-0.3, -0.25) is 0 Å². The van der Waals surface area contributed by atoms with Crippen molar-refractivity contribution in [2.45, 2.75) is 0 Å². The lowest BCUT2D eigenvalue weighted by Gasteiger charge is -2.10. The fourth-order valence-corrected chi connectivity index (χ4v) is 5.51. The summed E-state index contributed by atoms with van der Waals surface area (Å²) in [6.45, 7) is 0. The lowest BCUT2D eigenvalue weighted by atomic mass is 10.1. The van der Waals surface area contributed by atoms with E-state index in [4.69, 9.17) is 0 Å². The van der Waals surface area contributed by atoms with Crippen LogP contribution >= 0.6 is 0 Å². The Labute approximate surface area is 207 Å². The Morgan fingerprint density at radius 2 is 0.972 bits per heavy atom. The average molecular weight is 459 g/mol. The monoisotopic (exact) mass is 458 g/mol. The zero-order chi connectivity index (χ0) is 24.2. The van der Waals surface area contributed by atoms with Gasteiger partial charge in [0.1, 0.15) is 12.1 Å². The van der Waals surface area contributed by atoms with E-state index in [9.17, 15) is 10.5 Å². The normalized spacial score (nSPS) is 11.3. The molecule has 7 aromatic rings. The molecular weight excluding hydrogens is 440 g/mol. The molecule has 0 aliphatic carbocycles. The molecule has 5 aromatic carbocycles. The zero-order valence-corrected chi connectivity index (χ0v) is 19.2. The smallest absolute Gasteiger partial charge is 0.101 e. The first-order chi connectivity index (χ1) is 17.8. The predicted molar refractivity (Wildman–Crippen MR) is 145 cm³/mol. The lowest BCUT2D eigenvalue weighted by molar-refractivity contribution is 1.17. The highest BCUT2D eigenvalue weighted by Gasteiger charge is 2.20. The molecule has 0 aliphatic rings. The predicted octanol–water partition coefficient (Wildman–Crippen LogP) is 7.62. The van der Waals surface area contributed by atoms with Crippen LogP contribution in [-0.2, 0) is 0 Å². The first kappa shape index (κ1) is 20.1. The summed E-state index contributed by atoms with van der Waals surface area (Å²) in [6, 6.07) is 41.5. The molecule has 166 valence electrons. The van der Waals surface area contributed by atoms with Crippen molar-refractivity contribution in [2.75, 3.05) is 0 Å². The summed E-state index contributed by atoms with van der Waals surface area (Å²) >= 11 is 0. The number of benzene rings is 5. The molecule has 0 saturated heterocycles. The Bertz CT molecular complexity index is 2060. The maximum Gasteiger partial charge on any atom is 0.101 e. The summed E-state index contributed by atoms with van der Waals surface area (Å²) in [5.41, 5.74) is 7.18. The number of nitriles is 2. The summed E-state index contributed by atoms with van der Waals surface area (Å²) in [5, 5.41) is 23.8. The summed E-state index contributed by atoms with van der Waals surface area (Å²) < 4.78 is 4.52. The quantitative estimate of drug-likeness (QED) is 0.267. The van der Waals surface area contributed by atoms with Crippen LogP contribution in [0, 0.1) is 22.7 Å². The van der Waals surface area contributed by atoms with Crippen LogP contribution in [0.2, 0.25) is 0 Å². The first-order valence-corrected chi connectivity index (χ1v) is 11.8. The third kappa shape index (κ3) is 2.67. The highest BCUT2D eigenvalue weighted by Crippen LogP contribution is 2.42. The van der Waals surface area contributed by atoms with Gasteiger partial charge in [-0.15, -0.1) is 0 Å². The number of hydrogen-bond acceptors (Lipinski definition) is 2. The maximum atomic E-state index is 9.66. The molecule has 4 nitrogen and oxygen atoms in total. The highest BCUT2D eigenvalue weighted by atomic mass is 15.0. The molecule has 0 amide bonds. The number of aromatic nitrogens is 2. The summed E-state index contributed by atoms with van der Waals surface area (Å²) in [7, 11) is 0. The van der Waals surface area contributed by atoms with Gasteiger partial charge in [-0.1, -0.05) is 54.6 Å². The third-order valence-corrected chi connectivity index (χ3v) is 6.99. The van der Waals surface area contributed by atoms with Crippen LogP contribution < -0.4 is 0 Å². The standard InChI is InChI=1S/C32H18N4/c33-19-21-14-15-24(18-22(21)20-34)36-28-13-7-5-11-26(28)32-30(36)17-16-29-31(32)25-10-4-6-12-27(25)35(29)23-8-2-1-3-9-23/h1-18H. The van der Waals surface area contributed by atoms with Crippen LogP contribution in [0.15, 0.2) is 109 Å². The Hall–Kier alpha value is -5.32. The van der Waals surface area contributed by atoms with E-state index in [1.54, 1.807) is 6.07 Å². The maximum absolute atomic E-state index is 9.66. The Morgan fingerprint density at radius 3 is 1.56 bits per heavy atom. The Morgan fingerprint density at radius 1 is 0.444 bits per heavy atom. The Balaban J connectivity index is 1.68. The van der Waals surface area contributed by atoms with Crippen molar-refractivity contribution in [3.8, 4) is 23.5 Å². The van der Waals surface area contributed by atoms with Crippen molar-refractivity contribution < 1.29 is 0 Å². The molecule has 7 rings (SSSR count). The van der Waals surface area contributed by atoms with Crippen LogP contribution in [-0.4, -0.2) is 9.13 Å². The number of hydrogen-bond donors (Lipinski definition) is 0. The minimum absolute atomic E-state index is 0.377. The first-order valence-electron chi connectivity index (χ1n) is 11.8. The molecule has 0 unspecified atom stereocenters. The van der Waals surface area contributed by atoms with Gasteiger partial charge in [0.15, 0.2) is 0 Å². The van der Waals surface area contributed by atoms with Crippen LogP contribution in [0.25, 0.3) is 55.0 Å². The van der Waals surface area contributed by atoms with Gasteiger partial charge in [-0.05, 0) is 54.6 Å². The summed E-state index contributed by atoms with van der Waals surface area (Å²) in [6.07, 6.45) is 0. The van der Waals surface area contributed by atoms with Crippen molar-refractivity contribution in [1.29, 1.82) is 10.5 Å². The van der Waals surface area contributed by atoms with Gasteiger partial charge < -0.3 is 9.13 Å². The van der Waals surface area contributed by atoms with Gasteiger partial charge in [-0.2, -0.15) is 10.5 Å². The Kier molecular flexibility index (Phi) is 4.24. The van der Waals surface area contributed by atoms with Crippen molar-refractivity contribution in [2.24, 2.45) is 0 Å². The minimum atomic E-state index is 0.377. The largest absolute Gasteiger partial charge is 0.309 e. The second kappa shape index (κ2) is 7.60. The molecule has 0 radical (unpaired) electrons. The van der Waals surface area contributed by atoms with E-state index in [1.807, 2.05) is 24.3 Å². The van der Waals surface area contributed by atoms with Crippen LogP contribution in [0.1, 0.15) is 11.1 Å². The van der Waals surface area contributed by atoms with Crippen molar-refractivity contribution in [3.05, 3.63) is 120 Å². The molecule has 0 spiro atoms. The van der Waals surface area contributed by atoms with Gasteiger partial charge in [0, 0.05) is 32.9 Å². The molecule has 4 heteroatoms.